The Morgan fingerprint density at radius 1 is 0.976 bits per heavy atom. The van der Waals surface area contributed by atoms with Gasteiger partial charge in [0.05, 0.1) is 24.9 Å². The van der Waals surface area contributed by atoms with Gasteiger partial charge in [-0.1, -0.05) is 24.3 Å². The number of rotatable bonds is 7. The van der Waals surface area contributed by atoms with E-state index in [9.17, 15) is 18.0 Å². The summed E-state index contributed by atoms with van der Waals surface area (Å²) >= 11 is 0. The minimum atomic E-state index is -4.46. The SMILES string of the molecule is COc1ccc(Cn2cc(-c3ccnc(N)n3)c(-c3cccc(NC(=O)Nc4ccc(C(F)(F)F)cc4)c3)n2)cc1. The van der Waals surface area contributed by atoms with Crippen molar-refractivity contribution in [2.75, 3.05) is 23.5 Å². The molecule has 5 rings (SSSR count). The summed E-state index contributed by atoms with van der Waals surface area (Å²) in [6.45, 7) is 0.477. The van der Waals surface area contributed by atoms with Crippen LogP contribution >= 0.6 is 0 Å². The van der Waals surface area contributed by atoms with Crippen molar-refractivity contribution in [2.45, 2.75) is 12.7 Å². The van der Waals surface area contributed by atoms with E-state index in [1.807, 2.05) is 36.5 Å². The normalized spacial score (nSPS) is 11.2. The number of urea groups is 1. The molecule has 0 saturated carbocycles. The summed E-state index contributed by atoms with van der Waals surface area (Å²) in [5.74, 6) is 0.866. The second kappa shape index (κ2) is 11.4. The molecule has 208 valence electrons. The van der Waals surface area contributed by atoms with Crippen LogP contribution in [0.3, 0.4) is 0 Å². The van der Waals surface area contributed by atoms with Crippen LogP contribution in [0.5, 0.6) is 5.75 Å². The number of hydrogen-bond acceptors (Lipinski definition) is 6. The zero-order valence-electron chi connectivity index (χ0n) is 21.7. The molecular formula is C29H24F3N7O2. The predicted molar refractivity (Wildman–Crippen MR) is 149 cm³/mol. The zero-order valence-corrected chi connectivity index (χ0v) is 21.7. The highest BCUT2D eigenvalue weighted by Gasteiger charge is 2.30. The van der Waals surface area contributed by atoms with E-state index in [1.165, 1.54) is 12.1 Å². The lowest BCUT2D eigenvalue weighted by atomic mass is 10.1. The number of anilines is 3. The smallest absolute Gasteiger partial charge is 0.416 e. The average molecular weight is 560 g/mol. The number of halogens is 3. The number of ether oxygens (including phenoxy) is 1. The fourth-order valence-corrected chi connectivity index (χ4v) is 4.13. The molecule has 12 heteroatoms. The topological polar surface area (TPSA) is 120 Å². The summed E-state index contributed by atoms with van der Waals surface area (Å²) in [4.78, 5) is 20.9. The Morgan fingerprint density at radius 3 is 2.39 bits per heavy atom. The number of nitrogens with one attached hydrogen (secondary N) is 2. The van der Waals surface area contributed by atoms with Crippen LogP contribution in [-0.2, 0) is 12.7 Å². The third-order valence-corrected chi connectivity index (χ3v) is 6.08. The van der Waals surface area contributed by atoms with Crippen molar-refractivity contribution in [3.05, 3.63) is 102 Å². The van der Waals surface area contributed by atoms with E-state index in [2.05, 4.69) is 20.6 Å². The van der Waals surface area contributed by atoms with Gasteiger partial charge < -0.3 is 21.1 Å². The van der Waals surface area contributed by atoms with E-state index in [4.69, 9.17) is 15.6 Å². The van der Waals surface area contributed by atoms with Gasteiger partial charge in [0.25, 0.3) is 0 Å². The third-order valence-electron chi connectivity index (χ3n) is 6.08. The maximum Gasteiger partial charge on any atom is 0.416 e. The molecule has 0 aliphatic rings. The maximum absolute atomic E-state index is 12.8. The number of aromatic nitrogens is 4. The van der Waals surface area contributed by atoms with Crippen LogP contribution in [0, 0.1) is 0 Å². The van der Waals surface area contributed by atoms with Crippen molar-refractivity contribution in [3.8, 4) is 28.3 Å². The maximum atomic E-state index is 12.8. The van der Waals surface area contributed by atoms with Crippen LogP contribution in [0.25, 0.3) is 22.5 Å². The predicted octanol–water partition coefficient (Wildman–Crippen LogP) is 6.31. The number of nitrogen functional groups attached to an aromatic ring is 1. The molecule has 0 aliphatic carbocycles. The molecule has 2 heterocycles. The summed E-state index contributed by atoms with van der Waals surface area (Å²) in [5.41, 5.74) is 9.28. The molecule has 0 unspecified atom stereocenters. The number of methoxy groups -OCH3 is 1. The Labute approximate surface area is 232 Å². The first-order valence-electron chi connectivity index (χ1n) is 12.3. The fourth-order valence-electron chi connectivity index (χ4n) is 4.13. The lowest BCUT2D eigenvalue weighted by molar-refractivity contribution is -0.137. The highest BCUT2D eigenvalue weighted by atomic mass is 19.4. The molecular weight excluding hydrogens is 535 g/mol. The van der Waals surface area contributed by atoms with E-state index in [0.29, 0.717) is 34.7 Å². The van der Waals surface area contributed by atoms with Crippen LogP contribution in [-0.4, -0.2) is 32.9 Å². The van der Waals surface area contributed by atoms with Crippen molar-refractivity contribution in [1.29, 1.82) is 0 Å². The number of carbonyl (C=O) groups excluding carboxylic acids is 1. The average Bonchev–Trinajstić information content (AvgIpc) is 3.37. The van der Waals surface area contributed by atoms with E-state index in [0.717, 1.165) is 23.4 Å². The molecule has 2 amide bonds. The number of amides is 2. The molecule has 0 bridgehead atoms. The molecule has 0 atom stereocenters. The summed E-state index contributed by atoms with van der Waals surface area (Å²) < 4.78 is 45.5. The van der Waals surface area contributed by atoms with Crippen molar-refractivity contribution >= 4 is 23.4 Å². The van der Waals surface area contributed by atoms with Gasteiger partial charge >= 0.3 is 12.2 Å². The van der Waals surface area contributed by atoms with Crippen molar-refractivity contribution in [1.82, 2.24) is 19.7 Å². The second-order valence-corrected chi connectivity index (χ2v) is 8.97. The van der Waals surface area contributed by atoms with Crippen LogP contribution in [0.4, 0.5) is 35.3 Å². The second-order valence-electron chi connectivity index (χ2n) is 8.97. The Bertz CT molecular complexity index is 1670. The molecule has 5 aromatic rings. The summed E-state index contributed by atoms with van der Waals surface area (Å²) in [6.07, 6.45) is -1.04. The molecule has 0 spiro atoms. The van der Waals surface area contributed by atoms with Gasteiger partial charge in [-0.05, 0) is 60.2 Å². The number of benzene rings is 3. The molecule has 3 aromatic carbocycles. The number of hydrogen-bond donors (Lipinski definition) is 3. The van der Waals surface area contributed by atoms with Gasteiger partial charge in [-0.3, -0.25) is 4.68 Å². The first kappa shape index (κ1) is 27.2. The van der Waals surface area contributed by atoms with Gasteiger partial charge in [0.2, 0.25) is 5.95 Å². The third kappa shape index (κ3) is 6.61. The van der Waals surface area contributed by atoms with Gasteiger partial charge in [0.15, 0.2) is 0 Å². The quantitative estimate of drug-likeness (QED) is 0.215. The van der Waals surface area contributed by atoms with Crippen molar-refractivity contribution < 1.29 is 22.7 Å². The largest absolute Gasteiger partial charge is 0.497 e. The van der Waals surface area contributed by atoms with Crippen LogP contribution < -0.4 is 21.1 Å². The molecule has 0 aliphatic heterocycles. The highest BCUT2D eigenvalue weighted by Crippen LogP contribution is 2.32. The minimum Gasteiger partial charge on any atom is -0.497 e. The lowest BCUT2D eigenvalue weighted by Gasteiger charge is -2.11. The minimum absolute atomic E-state index is 0.117. The van der Waals surface area contributed by atoms with Crippen molar-refractivity contribution in [3.63, 3.8) is 0 Å². The van der Waals surface area contributed by atoms with Gasteiger partial charge in [-0.2, -0.15) is 18.3 Å². The van der Waals surface area contributed by atoms with E-state index < -0.39 is 17.8 Å². The molecule has 9 nitrogen and oxygen atoms in total. The van der Waals surface area contributed by atoms with E-state index in [-0.39, 0.29) is 11.6 Å². The molecule has 4 N–H and O–H groups in total. The Morgan fingerprint density at radius 2 is 1.71 bits per heavy atom. The number of nitrogens with zero attached hydrogens (tertiary/aromatic N) is 4. The van der Waals surface area contributed by atoms with Gasteiger partial charge in [-0.25, -0.2) is 14.8 Å². The van der Waals surface area contributed by atoms with E-state index >= 15 is 0 Å². The monoisotopic (exact) mass is 559 g/mol. The van der Waals surface area contributed by atoms with Crippen LogP contribution in [0.1, 0.15) is 11.1 Å². The molecule has 2 aromatic heterocycles. The van der Waals surface area contributed by atoms with Crippen LogP contribution in [0.2, 0.25) is 0 Å². The zero-order chi connectivity index (χ0) is 29.0. The Hall–Kier alpha value is -5.39. The fraction of sp³-hybridized carbons (Fsp3) is 0.103. The van der Waals surface area contributed by atoms with Crippen LogP contribution in [0.15, 0.2) is 91.3 Å². The molecule has 0 radical (unpaired) electrons. The summed E-state index contributed by atoms with van der Waals surface area (Å²) in [6, 6.07) is 20.0. The molecule has 41 heavy (non-hydrogen) atoms. The first-order valence-corrected chi connectivity index (χ1v) is 12.3. The number of carbonyl (C=O) groups is 1. The summed E-state index contributed by atoms with van der Waals surface area (Å²) in [5, 5.41) is 10.0. The lowest BCUT2D eigenvalue weighted by Crippen LogP contribution is -2.19. The standard InChI is InChI=1S/C29H24F3N7O2/c1-41-23-11-5-18(6-12-23)16-39-17-24(25-13-14-34-27(33)37-25)26(38-39)19-3-2-4-22(15-19)36-28(40)35-21-9-7-20(8-10-21)29(30,31)32/h2-15,17H,16H2,1H3,(H2,33,34,37)(H2,35,36,40). The van der Waals surface area contributed by atoms with Gasteiger partial charge in [0, 0.05) is 34.9 Å². The Balaban J connectivity index is 1.40. The van der Waals surface area contributed by atoms with E-state index in [1.54, 1.807) is 42.3 Å². The number of nitrogens with two attached hydrogens (primary N) is 1. The first-order chi connectivity index (χ1) is 19.7. The molecule has 0 saturated heterocycles. The number of alkyl halides is 3. The Kier molecular flexibility index (Phi) is 7.55. The molecule has 0 fully saturated rings. The highest BCUT2D eigenvalue weighted by molar-refractivity contribution is 6.00. The van der Waals surface area contributed by atoms with Gasteiger partial charge in [0.1, 0.15) is 11.4 Å². The van der Waals surface area contributed by atoms with Crippen molar-refractivity contribution in [2.24, 2.45) is 0 Å². The summed E-state index contributed by atoms with van der Waals surface area (Å²) in [7, 11) is 1.61. The van der Waals surface area contributed by atoms with Gasteiger partial charge in [-0.15, -0.1) is 0 Å².